The van der Waals surface area contributed by atoms with Gasteiger partial charge in [0.05, 0.1) is 7.11 Å². The van der Waals surface area contributed by atoms with Gasteiger partial charge < -0.3 is 20.1 Å². The zero-order chi connectivity index (χ0) is 32.1. The highest BCUT2D eigenvalue weighted by molar-refractivity contribution is 6.11. The predicted octanol–water partition coefficient (Wildman–Crippen LogP) is 7.58. The number of nitrogens with one attached hydrogen (secondary N) is 2. The Morgan fingerprint density at radius 1 is 0.696 bits per heavy atom. The lowest BCUT2D eigenvalue weighted by molar-refractivity contribution is -0.113. The van der Waals surface area contributed by atoms with Crippen molar-refractivity contribution in [2.45, 2.75) is 6.61 Å². The van der Waals surface area contributed by atoms with Crippen LogP contribution in [0.4, 0.5) is 5.69 Å². The number of ether oxygens (including phenoxy) is 2. The summed E-state index contributed by atoms with van der Waals surface area (Å²) < 4.78 is 11.2. The van der Waals surface area contributed by atoms with E-state index in [2.05, 4.69) is 10.6 Å². The highest BCUT2D eigenvalue weighted by Gasteiger charge is 2.15. The second-order valence-corrected chi connectivity index (χ2v) is 10.2. The van der Waals surface area contributed by atoms with Gasteiger partial charge in [0.1, 0.15) is 23.8 Å². The number of hydrogen-bond acceptors (Lipinski definition) is 5. The van der Waals surface area contributed by atoms with E-state index in [0.717, 1.165) is 11.1 Å². The van der Waals surface area contributed by atoms with Crippen LogP contribution < -0.4 is 20.1 Å². The Hall–Kier alpha value is -6.21. The van der Waals surface area contributed by atoms with E-state index in [9.17, 15) is 14.4 Å². The van der Waals surface area contributed by atoms with Crippen LogP contribution in [0.3, 0.4) is 0 Å². The van der Waals surface area contributed by atoms with E-state index in [4.69, 9.17) is 9.47 Å². The second-order valence-electron chi connectivity index (χ2n) is 10.2. The van der Waals surface area contributed by atoms with Gasteiger partial charge in [0.2, 0.25) is 0 Å². The lowest BCUT2D eigenvalue weighted by Crippen LogP contribution is -2.30. The maximum absolute atomic E-state index is 13.4. The monoisotopic (exact) mass is 608 g/mol. The summed E-state index contributed by atoms with van der Waals surface area (Å²) in [6, 6.07) is 39.7. The maximum atomic E-state index is 13.4. The summed E-state index contributed by atoms with van der Waals surface area (Å²) in [4.78, 5) is 39.2. The lowest BCUT2D eigenvalue weighted by Gasteiger charge is -2.12. The number of para-hydroxylation sites is 1. The predicted molar refractivity (Wildman–Crippen MR) is 181 cm³/mol. The van der Waals surface area contributed by atoms with Crippen molar-refractivity contribution >= 4 is 35.4 Å². The first-order valence-corrected chi connectivity index (χ1v) is 14.6. The van der Waals surface area contributed by atoms with Gasteiger partial charge in [0.25, 0.3) is 11.8 Å². The standard InChI is InChI=1S/C39H32N2O5/c1-45-37-15-9-8-12-31(37)20-25-36(42)30-18-21-33(22-19-30)40-39(44)35(41-38(43)32-13-6-3-7-14-32)26-28-16-23-34(24-17-28)46-27-29-10-4-2-5-11-29/h2-26H,27H2,1H3,(H,40,44)(H,41,43)/b25-20+,35-26-. The molecule has 0 aromatic heterocycles. The largest absolute Gasteiger partial charge is 0.496 e. The maximum Gasteiger partial charge on any atom is 0.272 e. The van der Waals surface area contributed by atoms with E-state index in [0.29, 0.717) is 40.5 Å². The van der Waals surface area contributed by atoms with Gasteiger partial charge in [-0.2, -0.15) is 0 Å². The number of benzene rings is 5. The SMILES string of the molecule is COc1ccccc1/C=C/C(=O)c1ccc(NC(=O)/C(=C/c2ccc(OCc3ccccc3)cc2)NC(=O)c2ccccc2)cc1. The molecule has 0 aliphatic rings. The van der Waals surface area contributed by atoms with Crippen LogP contribution in [0.25, 0.3) is 12.2 Å². The molecule has 0 atom stereocenters. The van der Waals surface area contributed by atoms with E-state index in [1.165, 1.54) is 6.08 Å². The summed E-state index contributed by atoms with van der Waals surface area (Å²) in [6.45, 7) is 0.430. The van der Waals surface area contributed by atoms with Crippen LogP contribution in [-0.4, -0.2) is 24.7 Å². The molecule has 0 saturated heterocycles. The molecule has 0 aliphatic carbocycles. The molecule has 2 amide bonds. The zero-order valence-electron chi connectivity index (χ0n) is 25.2. The van der Waals surface area contributed by atoms with Gasteiger partial charge in [-0.1, -0.05) is 78.9 Å². The first-order valence-electron chi connectivity index (χ1n) is 14.6. The van der Waals surface area contributed by atoms with Gasteiger partial charge in [-0.25, -0.2) is 0 Å². The minimum absolute atomic E-state index is 0.0479. The van der Waals surface area contributed by atoms with Crippen LogP contribution in [0.5, 0.6) is 11.5 Å². The van der Waals surface area contributed by atoms with E-state index >= 15 is 0 Å². The minimum Gasteiger partial charge on any atom is -0.496 e. The van der Waals surface area contributed by atoms with Crippen LogP contribution in [-0.2, 0) is 11.4 Å². The topological polar surface area (TPSA) is 93.7 Å². The third-order valence-corrected chi connectivity index (χ3v) is 6.95. The highest BCUT2D eigenvalue weighted by Crippen LogP contribution is 2.20. The molecule has 0 aliphatic heterocycles. The Bertz CT molecular complexity index is 1850. The van der Waals surface area contributed by atoms with E-state index in [-0.39, 0.29) is 11.5 Å². The number of anilines is 1. The summed E-state index contributed by atoms with van der Waals surface area (Å²) in [6.07, 6.45) is 4.77. The molecular weight excluding hydrogens is 576 g/mol. The third kappa shape index (κ3) is 8.67. The number of carbonyl (C=O) groups is 3. The number of methoxy groups -OCH3 is 1. The van der Waals surface area contributed by atoms with Gasteiger partial charge in [-0.3, -0.25) is 14.4 Å². The fourth-order valence-corrected chi connectivity index (χ4v) is 4.49. The molecule has 0 fully saturated rings. The molecule has 2 N–H and O–H groups in total. The van der Waals surface area contributed by atoms with Crippen LogP contribution >= 0.6 is 0 Å². The van der Waals surface area contributed by atoms with Crippen LogP contribution in [0.15, 0.2) is 145 Å². The van der Waals surface area contributed by atoms with Gasteiger partial charge in [-0.05, 0) is 84.0 Å². The van der Waals surface area contributed by atoms with Crippen molar-refractivity contribution in [3.8, 4) is 11.5 Å². The normalized spacial score (nSPS) is 11.1. The van der Waals surface area contributed by atoms with Crippen molar-refractivity contribution in [3.63, 3.8) is 0 Å². The number of rotatable bonds is 12. The second kappa shape index (κ2) is 15.5. The van der Waals surface area contributed by atoms with Crippen molar-refractivity contribution in [1.82, 2.24) is 5.32 Å². The average molecular weight is 609 g/mol. The molecule has 0 saturated carbocycles. The van der Waals surface area contributed by atoms with Crippen LogP contribution in [0.2, 0.25) is 0 Å². The summed E-state index contributed by atoms with van der Waals surface area (Å²) in [5.74, 6) is 0.194. The molecule has 5 rings (SSSR count). The minimum atomic E-state index is -0.524. The average Bonchev–Trinajstić information content (AvgIpc) is 3.11. The third-order valence-electron chi connectivity index (χ3n) is 6.95. The van der Waals surface area contributed by atoms with Crippen molar-refractivity contribution in [2.24, 2.45) is 0 Å². The molecular formula is C39H32N2O5. The Kier molecular flexibility index (Phi) is 10.5. The fourth-order valence-electron chi connectivity index (χ4n) is 4.49. The van der Waals surface area contributed by atoms with Gasteiger partial charge in [0, 0.05) is 22.4 Å². The van der Waals surface area contributed by atoms with Crippen molar-refractivity contribution in [3.05, 3.63) is 173 Å². The Morgan fingerprint density at radius 2 is 1.35 bits per heavy atom. The molecule has 228 valence electrons. The smallest absolute Gasteiger partial charge is 0.272 e. The number of ketones is 1. The van der Waals surface area contributed by atoms with Crippen molar-refractivity contribution in [1.29, 1.82) is 0 Å². The quantitative estimate of drug-likeness (QED) is 0.113. The first-order chi connectivity index (χ1) is 22.5. The molecule has 0 bridgehead atoms. The van der Waals surface area contributed by atoms with Crippen molar-refractivity contribution < 1.29 is 23.9 Å². The Labute approximate surface area is 267 Å². The summed E-state index contributed by atoms with van der Waals surface area (Å²) in [7, 11) is 1.58. The van der Waals surface area contributed by atoms with E-state index in [1.807, 2.05) is 60.7 Å². The number of carbonyl (C=O) groups excluding carboxylic acids is 3. The van der Waals surface area contributed by atoms with Crippen molar-refractivity contribution in [2.75, 3.05) is 12.4 Å². The van der Waals surface area contributed by atoms with E-state index in [1.54, 1.807) is 92.1 Å². The van der Waals surface area contributed by atoms with Gasteiger partial charge in [0.15, 0.2) is 5.78 Å². The number of amides is 2. The highest BCUT2D eigenvalue weighted by atomic mass is 16.5. The van der Waals surface area contributed by atoms with Crippen LogP contribution in [0.1, 0.15) is 37.4 Å². The lowest BCUT2D eigenvalue weighted by atomic mass is 10.1. The zero-order valence-corrected chi connectivity index (χ0v) is 25.2. The molecule has 46 heavy (non-hydrogen) atoms. The van der Waals surface area contributed by atoms with Gasteiger partial charge in [-0.15, -0.1) is 0 Å². The first kappa shape index (κ1) is 31.2. The molecule has 7 nitrogen and oxygen atoms in total. The number of allylic oxidation sites excluding steroid dienone is 1. The van der Waals surface area contributed by atoms with Crippen LogP contribution in [0, 0.1) is 0 Å². The molecule has 5 aromatic carbocycles. The number of hydrogen-bond donors (Lipinski definition) is 2. The molecule has 7 heteroatoms. The summed E-state index contributed by atoms with van der Waals surface area (Å²) in [5, 5.41) is 5.56. The molecule has 0 unspecified atom stereocenters. The summed E-state index contributed by atoms with van der Waals surface area (Å²) >= 11 is 0. The van der Waals surface area contributed by atoms with E-state index < -0.39 is 11.8 Å². The van der Waals surface area contributed by atoms with Gasteiger partial charge >= 0.3 is 0 Å². The molecule has 5 aromatic rings. The Morgan fingerprint density at radius 3 is 2.04 bits per heavy atom. The molecule has 0 radical (unpaired) electrons. The Balaban J connectivity index is 1.29. The molecule has 0 spiro atoms. The summed E-state index contributed by atoms with van der Waals surface area (Å²) in [5.41, 5.74) is 3.89. The fraction of sp³-hybridized carbons (Fsp3) is 0.0513. The molecule has 0 heterocycles.